The number of carbonyl (C=O) groups excluding carboxylic acids is 2. The molecule has 1 unspecified atom stereocenters. The minimum absolute atomic E-state index is 0.000257. The first-order valence-corrected chi connectivity index (χ1v) is 10.5. The van der Waals surface area contributed by atoms with Crippen LogP contribution >= 0.6 is 23.5 Å². The third-order valence-electron chi connectivity index (χ3n) is 3.94. The van der Waals surface area contributed by atoms with Crippen LogP contribution in [0.15, 0.2) is 36.4 Å². The van der Waals surface area contributed by atoms with E-state index in [-0.39, 0.29) is 17.9 Å². The lowest BCUT2D eigenvalue weighted by atomic mass is 10.0. The number of benzene rings is 1. The van der Waals surface area contributed by atoms with Gasteiger partial charge < -0.3 is 15.4 Å². The molecule has 2 rings (SSSR count). The molecule has 1 saturated heterocycles. The average molecular weight is 381 g/mol. The summed E-state index contributed by atoms with van der Waals surface area (Å²) in [6.07, 6.45) is 7.96. The topological polar surface area (TPSA) is 67.4 Å². The van der Waals surface area contributed by atoms with Gasteiger partial charge in [0.05, 0.1) is 0 Å². The van der Waals surface area contributed by atoms with Crippen LogP contribution in [0.1, 0.15) is 19.4 Å². The van der Waals surface area contributed by atoms with Gasteiger partial charge in [0.25, 0.3) is 11.8 Å². The zero-order chi connectivity index (χ0) is 18.4. The van der Waals surface area contributed by atoms with Gasteiger partial charge in [-0.1, -0.05) is 18.2 Å². The number of hydrogen-bond donors (Lipinski definition) is 2. The van der Waals surface area contributed by atoms with E-state index < -0.39 is 10.2 Å². The average Bonchev–Trinajstić information content (AvgIpc) is 2.59. The Balaban J connectivity index is 2.11. The maximum atomic E-state index is 12.6. The molecule has 0 radical (unpaired) electrons. The van der Waals surface area contributed by atoms with Crippen molar-refractivity contribution in [3.05, 3.63) is 42.0 Å². The summed E-state index contributed by atoms with van der Waals surface area (Å²) in [7, 11) is 0. The van der Waals surface area contributed by atoms with Gasteiger partial charge in [-0.05, 0) is 50.1 Å². The van der Waals surface area contributed by atoms with Crippen molar-refractivity contribution in [1.82, 2.24) is 10.6 Å². The number of rotatable bonds is 7. The van der Waals surface area contributed by atoms with E-state index in [4.69, 9.17) is 4.74 Å². The number of ether oxygens (including phenoxy) is 1. The van der Waals surface area contributed by atoms with Gasteiger partial charge in [0.15, 0.2) is 10.2 Å². The van der Waals surface area contributed by atoms with Crippen molar-refractivity contribution >= 4 is 35.3 Å². The third-order valence-corrected chi connectivity index (χ3v) is 5.87. The fraction of sp³-hybridized carbons (Fsp3) is 0.444. The molecule has 1 aliphatic heterocycles. The summed E-state index contributed by atoms with van der Waals surface area (Å²) >= 11 is 2.65. The second-order valence-corrected chi connectivity index (χ2v) is 7.83. The van der Waals surface area contributed by atoms with Crippen molar-refractivity contribution < 1.29 is 14.3 Å². The summed E-state index contributed by atoms with van der Waals surface area (Å²) in [6, 6.07) is 7.62. The van der Waals surface area contributed by atoms with Crippen molar-refractivity contribution in [2.24, 2.45) is 0 Å². The Morgan fingerprint density at radius 1 is 1.28 bits per heavy atom. The van der Waals surface area contributed by atoms with Gasteiger partial charge in [0, 0.05) is 6.42 Å². The molecule has 1 aromatic carbocycles. The molecule has 0 aliphatic carbocycles. The first-order valence-electron chi connectivity index (χ1n) is 8.03. The molecule has 1 heterocycles. The summed E-state index contributed by atoms with van der Waals surface area (Å²) in [4.78, 5) is 23.8. The van der Waals surface area contributed by atoms with Crippen molar-refractivity contribution in [1.29, 1.82) is 0 Å². The third kappa shape index (κ3) is 4.73. The molecule has 2 amide bonds. The standard InChI is InChI=1S/C18H24N2O3S2/c1-5-6-12(2)23-14-9-7-13(8-10-14)11-18(25-4)17(22)19-16(24-3)15(21)20-18/h5-10,12,16H,11H2,1-4H3,(H,19,22)(H,20,21)/b6-5+/t12?,16-,18+/m0/s1. The number of thioether (sulfide) groups is 2. The molecular weight excluding hydrogens is 356 g/mol. The Kier molecular flexibility index (Phi) is 6.84. The molecule has 2 N–H and O–H groups in total. The van der Waals surface area contributed by atoms with Gasteiger partial charge in [0.1, 0.15) is 11.9 Å². The minimum Gasteiger partial charge on any atom is -0.487 e. The molecular formula is C18H24N2O3S2. The molecule has 0 saturated carbocycles. The van der Waals surface area contributed by atoms with Crippen molar-refractivity contribution in [2.75, 3.05) is 12.5 Å². The van der Waals surface area contributed by atoms with Crippen molar-refractivity contribution in [2.45, 2.75) is 36.6 Å². The molecule has 0 bridgehead atoms. The van der Waals surface area contributed by atoms with E-state index in [9.17, 15) is 9.59 Å². The highest BCUT2D eigenvalue weighted by atomic mass is 32.2. The van der Waals surface area contributed by atoms with Crippen LogP contribution in [0.4, 0.5) is 0 Å². The lowest BCUT2D eigenvalue weighted by Gasteiger charge is -2.38. The Hall–Kier alpha value is -1.60. The van der Waals surface area contributed by atoms with Crippen LogP contribution in [0, 0.1) is 0 Å². The van der Waals surface area contributed by atoms with Gasteiger partial charge in [-0.15, -0.1) is 23.5 Å². The smallest absolute Gasteiger partial charge is 0.257 e. The molecule has 5 nitrogen and oxygen atoms in total. The number of allylic oxidation sites excluding steroid dienone is 1. The molecule has 1 aromatic rings. The van der Waals surface area contributed by atoms with Gasteiger partial charge in [-0.25, -0.2) is 0 Å². The zero-order valence-corrected chi connectivity index (χ0v) is 16.5. The van der Waals surface area contributed by atoms with E-state index in [1.165, 1.54) is 23.5 Å². The summed E-state index contributed by atoms with van der Waals surface area (Å²) in [5.41, 5.74) is 0.957. The Morgan fingerprint density at radius 2 is 1.96 bits per heavy atom. The highest BCUT2D eigenvalue weighted by Gasteiger charge is 2.46. The first kappa shape index (κ1) is 19.7. The largest absolute Gasteiger partial charge is 0.487 e. The lowest BCUT2D eigenvalue weighted by Crippen LogP contribution is -2.67. The predicted octanol–water partition coefficient (Wildman–Crippen LogP) is 2.57. The van der Waals surface area contributed by atoms with Crippen LogP contribution in [-0.2, 0) is 16.0 Å². The number of piperazine rings is 1. The summed E-state index contributed by atoms with van der Waals surface area (Å²) in [6.45, 7) is 3.93. The Labute approximate surface area is 157 Å². The number of hydrogen-bond acceptors (Lipinski definition) is 5. The van der Waals surface area contributed by atoms with E-state index >= 15 is 0 Å². The maximum absolute atomic E-state index is 12.6. The minimum atomic E-state index is -0.982. The fourth-order valence-electron chi connectivity index (χ4n) is 2.63. The summed E-state index contributed by atoms with van der Waals surface area (Å²) < 4.78 is 5.77. The molecule has 0 spiro atoms. The van der Waals surface area contributed by atoms with E-state index in [1.807, 2.05) is 56.5 Å². The molecule has 7 heteroatoms. The molecule has 3 atom stereocenters. The van der Waals surface area contributed by atoms with E-state index in [0.29, 0.717) is 6.42 Å². The van der Waals surface area contributed by atoms with E-state index in [0.717, 1.165) is 11.3 Å². The molecule has 25 heavy (non-hydrogen) atoms. The maximum Gasteiger partial charge on any atom is 0.257 e. The number of carbonyl (C=O) groups is 2. The van der Waals surface area contributed by atoms with Crippen LogP contribution in [0.2, 0.25) is 0 Å². The SMILES string of the molecule is C/C=C/C(C)Oc1ccc(C[C@]2(SC)NC(=O)[C@H](SC)NC2=O)cc1. The molecule has 1 fully saturated rings. The fourth-order valence-corrected chi connectivity index (χ4v) is 3.88. The second-order valence-electron chi connectivity index (χ2n) is 5.78. The number of amides is 2. The van der Waals surface area contributed by atoms with Gasteiger partial charge in [0.2, 0.25) is 0 Å². The van der Waals surface area contributed by atoms with Crippen LogP contribution in [0.25, 0.3) is 0 Å². The van der Waals surface area contributed by atoms with E-state index in [1.54, 1.807) is 6.26 Å². The zero-order valence-electron chi connectivity index (χ0n) is 14.9. The molecule has 1 aliphatic rings. The van der Waals surface area contributed by atoms with E-state index in [2.05, 4.69) is 10.6 Å². The lowest BCUT2D eigenvalue weighted by molar-refractivity contribution is -0.135. The van der Waals surface area contributed by atoms with Crippen molar-refractivity contribution in [3.63, 3.8) is 0 Å². The van der Waals surface area contributed by atoms with Gasteiger partial charge in [-0.3, -0.25) is 9.59 Å². The Bertz CT molecular complexity index is 648. The second kappa shape index (κ2) is 8.67. The van der Waals surface area contributed by atoms with Gasteiger partial charge >= 0.3 is 0 Å². The Morgan fingerprint density at radius 3 is 2.52 bits per heavy atom. The van der Waals surface area contributed by atoms with Crippen molar-refractivity contribution in [3.8, 4) is 5.75 Å². The summed E-state index contributed by atoms with van der Waals surface area (Å²) in [5.74, 6) is 0.440. The normalized spacial score (nSPS) is 24.7. The van der Waals surface area contributed by atoms with Gasteiger partial charge in [-0.2, -0.15) is 0 Å². The van der Waals surface area contributed by atoms with Crippen LogP contribution < -0.4 is 15.4 Å². The summed E-state index contributed by atoms with van der Waals surface area (Å²) in [5, 5.41) is 5.15. The monoisotopic (exact) mass is 380 g/mol. The van der Waals surface area contributed by atoms with Crippen LogP contribution in [0.5, 0.6) is 5.75 Å². The highest BCUT2D eigenvalue weighted by Crippen LogP contribution is 2.29. The first-order chi connectivity index (χ1) is 11.9. The number of nitrogens with one attached hydrogen (secondary N) is 2. The van der Waals surface area contributed by atoms with Crippen LogP contribution in [-0.4, -0.2) is 40.7 Å². The molecule has 136 valence electrons. The highest BCUT2D eigenvalue weighted by molar-refractivity contribution is 8.01. The van der Waals surface area contributed by atoms with Crippen LogP contribution in [0.3, 0.4) is 0 Å². The predicted molar refractivity (Wildman–Crippen MR) is 105 cm³/mol. The quantitative estimate of drug-likeness (QED) is 0.712. The molecule has 0 aromatic heterocycles.